The molecular weight excluding hydrogens is 718 g/mol. The number of aliphatic hydroxyl groups excluding tert-OH is 2. The van der Waals surface area contributed by atoms with E-state index in [1.54, 1.807) is 4.90 Å². The number of aromatic nitrogens is 1. The number of carbonyl (C=O) groups excluding carboxylic acids is 6. The van der Waals surface area contributed by atoms with Crippen LogP contribution >= 0.6 is 0 Å². The number of nitrogens with one attached hydrogen (secondary N) is 4. The first-order valence-corrected chi connectivity index (χ1v) is 18.7. The Morgan fingerprint density at radius 3 is 2.25 bits per heavy atom. The van der Waals surface area contributed by atoms with Crippen molar-refractivity contribution in [3.05, 3.63) is 108 Å². The van der Waals surface area contributed by atoms with Gasteiger partial charge in [0, 0.05) is 43.3 Å². The van der Waals surface area contributed by atoms with Gasteiger partial charge in [0.05, 0.1) is 26.3 Å². The summed E-state index contributed by atoms with van der Waals surface area (Å²) in [6.07, 6.45) is 3.55. The molecule has 3 atom stereocenters. The van der Waals surface area contributed by atoms with Crippen LogP contribution in [0.25, 0.3) is 10.9 Å². The fourth-order valence-electron chi connectivity index (χ4n) is 6.72. The van der Waals surface area contributed by atoms with Gasteiger partial charge in [-0.1, -0.05) is 78.9 Å². The van der Waals surface area contributed by atoms with Crippen molar-refractivity contribution in [1.29, 1.82) is 0 Å². The van der Waals surface area contributed by atoms with Gasteiger partial charge in [-0.05, 0) is 42.0 Å². The van der Waals surface area contributed by atoms with Crippen LogP contribution < -0.4 is 16.0 Å². The van der Waals surface area contributed by atoms with Crippen molar-refractivity contribution in [3.63, 3.8) is 0 Å². The van der Waals surface area contributed by atoms with E-state index in [4.69, 9.17) is 0 Å². The zero-order valence-corrected chi connectivity index (χ0v) is 31.1. The molecule has 1 fully saturated rings. The van der Waals surface area contributed by atoms with E-state index < -0.39 is 62.2 Å². The highest BCUT2D eigenvalue weighted by Gasteiger charge is 2.37. The van der Waals surface area contributed by atoms with Crippen LogP contribution in [0.15, 0.2) is 91.1 Å². The number of aliphatic hydroxyl groups is 2. The number of carbonyl (C=O) groups is 6. The molecule has 0 unspecified atom stereocenters. The number of fused-ring (bicyclic) bond motifs is 1. The number of likely N-dealkylation sites (tertiary alicyclic amines) is 1. The number of amides is 5. The molecule has 15 heteroatoms. The maximum atomic E-state index is 14.4. The average molecular weight is 768 g/mol. The van der Waals surface area contributed by atoms with Crippen LogP contribution in [0.4, 0.5) is 0 Å². The van der Waals surface area contributed by atoms with Crippen molar-refractivity contribution in [2.24, 2.45) is 0 Å². The molecule has 5 amide bonds. The highest BCUT2D eigenvalue weighted by molar-refractivity contribution is 5.94. The number of rotatable bonds is 20. The van der Waals surface area contributed by atoms with Gasteiger partial charge in [0.1, 0.15) is 31.0 Å². The number of aromatic amines is 1. The van der Waals surface area contributed by atoms with Crippen LogP contribution in [0.1, 0.15) is 29.5 Å². The summed E-state index contributed by atoms with van der Waals surface area (Å²) >= 11 is 0. The Morgan fingerprint density at radius 1 is 0.857 bits per heavy atom. The molecule has 0 bridgehead atoms. The van der Waals surface area contributed by atoms with Crippen LogP contribution in [0.5, 0.6) is 0 Å². The fourth-order valence-corrected chi connectivity index (χ4v) is 6.72. The van der Waals surface area contributed by atoms with Gasteiger partial charge in [0.15, 0.2) is 0 Å². The number of hydrogen-bond acceptors (Lipinski definition) is 9. The molecule has 1 saturated heterocycles. The van der Waals surface area contributed by atoms with E-state index in [9.17, 15) is 39.0 Å². The average Bonchev–Trinajstić information content (AvgIpc) is 3.89. The van der Waals surface area contributed by atoms with Crippen LogP contribution in [0.3, 0.4) is 0 Å². The molecule has 3 aromatic carbocycles. The maximum absolute atomic E-state index is 14.4. The molecule has 1 aliphatic heterocycles. The molecule has 1 aliphatic rings. The Morgan fingerprint density at radius 2 is 1.55 bits per heavy atom. The van der Waals surface area contributed by atoms with Crippen molar-refractivity contribution >= 4 is 46.7 Å². The minimum absolute atomic E-state index is 0.0374. The third-order valence-corrected chi connectivity index (χ3v) is 9.70. The SMILES string of the molecule is O=C[C@H](CO)NC(=O)[C@H](CO)NC(=O)CN(CCc1c[nH]c2ccccc12)C(=O)CN(Cc1ccccc1)C(=O)[C@@H]1CCCN1C(=O)CNCc1ccccc1. The Bertz CT molecular complexity index is 1940. The van der Waals surface area contributed by atoms with Crippen molar-refractivity contribution < 1.29 is 39.0 Å². The first-order chi connectivity index (χ1) is 27.2. The quantitative estimate of drug-likeness (QED) is 0.0693. The molecule has 5 rings (SSSR count). The smallest absolute Gasteiger partial charge is 0.246 e. The highest BCUT2D eigenvalue weighted by Crippen LogP contribution is 2.22. The molecule has 0 saturated carbocycles. The van der Waals surface area contributed by atoms with Gasteiger partial charge < -0.3 is 50.6 Å². The number of benzene rings is 3. The number of hydrogen-bond donors (Lipinski definition) is 6. The normalized spacial score (nSPS) is 14.8. The van der Waals surface area contributed by atoms with Gasteiger partial charge in [-0.25, -0.2) is 0 Å². The van der Waals surface area contributed by atoms with E-state index in [2.05, 4.69) is 20.9 Å². The highest BCUT2D eigenvalue weighted by atomic mass is 16.3. The van der Waals surface area contributed by atoms with E-state index in [0.717, 1.165) is 27.6 Å². The van der Waals surface area contributed by atoms with E-state index in [1.165, 1.54) is 9.80 Å². The lowest BCUT2D eigenvalue weighted by molar-refractivity contribution is -0.148. The topological polar surface area (TPSA) is 204 Å². The summed E-state index contributed by atoms with van der Waals surface area (Å²) in [5.41, 5.74) is 3.59. The van der Waals surface area contributed by atoms with Crippen molar-refractivity contribution in [2.75, 3.05) is 45.9 Å². The van der Waals surface area contributed by atoms with Gasteiger partial charge in [-0.2, -0.15) is 0 Å². The fraction of sp³-hybridized carbons (Fsp3) is 0.366. The number of nitrogens with zero attached hydrogens (tertiary/aromatic N) is 3. The minimum atomic E-state index is -1.47. The molecule has 296 valence electrons. The van der Waals surface area contributed by atoms with Crippen LogP contribution in [0, 0.1) is 0 Å². The van der Waals surface area contributed by atoms with Gasteiger partial charge >= 0.3 is 0 Å². The molecule has 0 radical (unpaired) electrons. The molecule has 1 aromatic heterocycles. The third kappa shape index (κ3) is 11.3. The predicted molar refractivity (Wildman–Crippen MR) is 207 cm³/mol. The summed E-state index contributed by atoms with van der Waals surface area (Å²) < 4.78 is 0. The van der Waals surface area contributed by atoms with Crippen LogP contribution in [-0.4, -0.2) is 130 Å². The van der Waals surface area contributed by atoms with Gasteiger partial charge in [0.25, 0.3) is 0 Å². The monoisotopic (exact) mass is 767 g/mol. The second kappa shape index (κ2) is 20.7. The first-order valence-electron chi connectivity index (χ1n) is 18.7. The summed E-state index contributed by atoms with van der Waals surface area (Å²) in [6.45, 7) is -1.33. The largest absolute Gasteiger partial charge is 0.394 e. The van der Waals surface area contributed by atoms with Crippen molar-refractivity contribution in [2.45, 2.75) is 50.5 Å². The Balaban J connectivity index is 1.33. The summed E-state index contributed by atoms with van der Waals surface area (Å²) in [6, 6.07) is 23.0. The zero-order chi connectivity index (χ0) is 39.9. The Hall–Kier alpha value is -5.90. The van der Waals surface area contributed by atoms with E-state index in [-0.39, 0.29) is 31.4 Å². The van der Waals surface area contributed by atoms with Gasteiger partial charge in [-0.15, -0.1) is 0 Å². The van der Waals surface area contributed by atoms with Crippen LogP contribution in [-0.2, 0) is 48.3 Å². The first kappa shape index (κ1) is 41.3. The van der Waals surface area contributed by atoms with E-state index in [0.29, 0.717) is 38.6 Å². The molecule has 6 N–H and O–H groups in total. The predicted octanol–water partition coefficient (Wildman–Crippen LogP) is 0.502. The van der Waals surface area contributed by atoms with E-state index in [1.807, 2.05) is 91.1 Å². The molecule has 56 heavy (non-hydrogen) atoms. The van der Waals surface area contributed by atoms with E-state index >= 15 is 0 Å². The summed E-state index contributed by atoms with van der Waals surface area (Å²) in [5, 5.41) is 27.9. The molecule has 0 spiro atoms. The molecule has 15 nitrogen and oxygen atoms in total. The Labute approximate surface area is 325 Å². The second-order valence-electron chi connectivity index (χ2n) is 13.7. The van der Waals surface area contributed by atoms with Gasteiger partial charge in [0.2, 0.25) is 29.5 Å². The summed E-state index contributed by atoms with van der Waals surface area (Å²) in [5.74, 6) is -2.82. The Kier molecular flexibility index (Phi) is 15.2. The third-order valence-electron chi connectivity index (χ3n) is 9.70. The molecular formula is C41H49N7O8. The lowest BCUT2D eigenvalue weighted by atomic mass is 10.1. The summed E-state index contributed by atoms with van der Waals surface area (Å²) in [4.78, 5) is 86.8. The minimum Gasteiger partial charge on any atom is -0.394 e. The van der Waals surface area contributed by atoms with Crippen molar-refractivity contribution in [1.82, 2.24) is 35.6 Å². The number of H-pyrrole nitrogens is 1. The molecule has 2 heterocycles. The number of aldehydes is 1. The summed E-state index contributed by atoms with van der Waals surface area (Å²) in [7, 11) is 0. The molecule has 4 aromatic rings. The maximum Gasteiger partial charge on any atom is 0.246 e. The molecule has 0 aliphatic carbocycles. The number of para-hydroxylation sites is 1. The lowest BCUT2D eigenvalue weighted by Crippen LogP contribution is -2.55. The lowest BCUT2D eigenvalue weighted by Gasteiger charge is -2.32. The standard InChI is InChI=1S/C41H49N7O8/c49-26-32(27-50)44-40(55)35(28-51)45-37(52)24-46(19-17-31-21-43-34-15-8-7-14-33(31)34)39(54)25-47(23-30-12-5-2-6-13-30)41(56)36-16-9-18-48(36)38(53)22-42-20-29-10-3-1-4-11-29/h1-8,10-15,21,26,32,35-36,42-43,50-51H,9,16-20,22-25,27-28H2,(H,44,55)(H,45,52)/t32-,35+,36+/m1/s1. The zero-order valence-electron chi connectivity index (χ0n) is 31.1. The van der Waals surface area contributed by atoms with Crippen molar-refractivity contribution in [3.8, 4) is 0 Å². The second-order valence-corrected chi connectivity index (χ2v) is 13.7. The van der Waals surface area contributed by atoms with Crippen LogP contribution in [0.2, 0.25) is 0 Å². The van der Waals surface area contributed by atoms with Gasteiger partial charge in [-0.3, -0.25) is 24.0 Å².